The van der Waals surface area contributed by atoms with Crippen molar-refractivity contribution in [1.29, 1.82) is 0 Å². The van der Waals surface area contributed by atoms with Gasteiger partial charge >= 0.3 is 5.97 Å². The van der Waals surface area contributed by atoms with E-state index in [0.717, 1.165) is 24.1 Å². The minimum absolute atomic E-state index is 0.0261. The first-order valence-corrected chi connectivity index (χ1v) is 10.1. The molecule has 8 heteroatoms. The van der Waals surface area contributed by atoms with E-state index in [4.69, 9.17) is 21.7 Å². The van der Waals surface area contributed by atoms with Crippen molar-refractivity contribution in [2.75, 3.05) is 32.7 Å². The molecule has 1 aliphatic rings. The highest BCUT2D eigenvalue weighted by Gasteiger charge is 2.33. The van der Waals surface area contributed by atoms with Crippen LogP contribution in [-0.4, -0.2) is 49.3 Å². The summed E-state index contributed by atoms with van der Waals surface area (Å²) in [5, 5.41) is 6.63. The number of anilines is 1. The van der Waals surface area contributed by atoms with Crippen molar-refractivity contribution in [3.05, 3.63) is 41.1 Å². The zero-order valence-electron chi connectivity index (χ0n) is 17.4. The average molecular weight is 420 g/mol. The number of hydrogen-bond donors (Lipinski definition) is 2. The van der Waals surface area contributed by atoms with E-state index in [1.165, 1.54) is 0 Å². The highest BCUT2D eigenvalue weighted by molar-refractivity contribution is 7.80. The first-order valence-electron chi connectivity index (χ1n) is 9.69. The Morgan fingerprint density at radius 3 is 2.76 bits per heavy atom. The molecule has 0 aromatic heterocycles. The highest BCUT2D eigenvalue weighted by atomic mass is 32.1. The van der Waals surface area contributed by atoms with Crippen molar-refractivity contribution in [3.63, 3.8) is 0 Å². The molecular formula is C21H29N3O4S. The van der Waals surface area contributed by atoms with Crippen LogP contribution in [0.3, 0.4) is 0 Å². The molecule has 1 unspecified atom stereocenters. The van der Waals surface area contributed by atoms with Crippen LogP contribution in [0.5, 0.6) is 0 Å². The number of thiocarbonyl (C=S) groups is 1. The molecule has 1 aliphatic heterocycles. The normalized spacial score (nSPS) is 16.5. The molecule has 1 aromatic carbocycles. The molecule has 2 N–H and O–H groups in total. The zero-order valence-corrected chi connectivity index (χ0v) is 18.2. The molecule has 0 aliphatic carbocycles. The highest BCUT2D eigenvalue weighted by Crippen LogP contribution is 2.31. The van der Waals surface area contributed by atoms with Gasteiger partial charge in [0.05, 0.1) is 18.2 Å². The van der Waals surface area contributed by atoms with E-state index in [1.54, 1.807) is 19.1 Å². The van der Waals surface area contributed by atoms with E-state index in [9.17, 15) is 9.59 Å². The Hall–Kier alpha value is -2.45. The van der Waals surface area contributed by atoms with Gasteiger partial charge in [-0.3, -0.25) is 4.79 Å². The summed E-state index contributed by atoms with van der Waals surface area (Å²) >= 11 is 5.42. The van der Waals surface area contributed by atoms with Crippen molar-refractivity contribution in [1.82, 2.24) is 10.2 Å². The molecule has 7 nitrogen and oxygen atoms in total. The van der Waals surface area contributed by atoms with Crippen molar-refractivity contribution in [2.45, 2.75) is 39.2 Å². The summed E-state index contributed by atoms with van der Waals surface area (Å²) < 4.78 is 10.3. The van der Waals surface area contributed by atoms with Crippen LogP contribution in [-0.2, 0) is 19.1 Å². The summed E-state index contributed by atoms with van der Waals surface area (Å²) in [5.74, 6) is -0.453. The summed E-state index contributed by atoms with van der Waals surface area (Å²) in [6, 6.07) is 6.94. The summed E-state index contributed by atoms with van der Waals surface area (Å²) in [7, 11) is 3.35. The monoisotopic (exact) mass is 419 g/mol. The van der Waals surface area contributed by atoms with Crippen LogP contribution in [0, 0.1) is 0 Å². The maximum atomic E-state index is 12.8. The van der Waals surface area contributed by atoms with Gasteiger partial charge in [-0.05, 0) is 43.3 Å². The quantitative estimate of drug-likeness (QED) is 0.362. The first-order chi connectivity index (χ1) is 13.9. The van der Waals surface area contributed by atoms with Gasteiger partial charge in [-0.25, -0.2) is 4.79 Å². The van der Waals surface area contributed by atoms with Crippen molar-refractivity contribution in [3.8, 4) is 0 Å². The molecule has 0 spiro atoms. The minimum atomic E-state index is -0.471. The number of ether oxygens (including phenoxy) is 2. The van der Waals surface area contributed by atoms with Gasteiger partial charge in [0.15, 0.2) is 5.11 Å². The lowest BCUT2D eigenvalue weighted by Gasteiger charge is -2.35. The smallest absolute Gasteiger partial charge is 0.338 e. The lowest BCUT2D eigenvalue weighted by molar-refractivity contribution is -0.140. The standard InChI is InChI=1S/C21H29N3O4S/c1-5-6-10-17(25)22-16-9-7-8-15(13-16)19-18(20(26)28-12-11-27-4)14(2)24(3)21(29)23-19/h7-9,13,19H,5-6,10-12H2,1-4H3,(H,22,25)(H,23,29). The number of unbranched alkanes of at least 4 members (excludes halogenated alkanes) is 1. The largest absolute Gasteiger partial charge is 0.460 e. The molecule has 0 fully saturated rings. The Kier molecular flexibility index (Phi) is 8.60. The second-order valence-corrected chi connectivity index (χ2v) is 7.23. The second-order valence-electron chi connectivity index (χ2n) is 6.85. The average Bonchev–Trinajstić information content (AvgIpc) is 2.70. The molecule has 158 valence electrons. The molecule has 1 heterocycles. The van der Waals surface area contributed by atoms with Crippen LogP contribution in [0.2, 0.25) is 0 Å². The van der Waals surface area contributed by atoms with Crippen LogP contribution in [0.15, 0.2) is 35.5 Å². The maximum Gasteiger partial charge on any atom is 0.338 e. The van der Waals surface area contributed by atoms with E-state index in [2.05, 4.69) is 10.6 Å². The number of amides is 1. The third-order valence-corrected chi connectivity index (χ3v) is 5.15. The summed E-state index contributed by atoms with van der Waals surface area (Å²) in [6.07, 6.45) is 2.28. The van der Waals surface area contributed by atoms with Gasteiger partial charge in [0.1, 0.15) is 6.61 Å². The molecule has 0 radical (unpaired) electrons. The molecule has 1 atom stereocenters. The van der Waals surface area contributed by atoms with Crippen molar-refractivity contribution in [2.24, 2.45) is 0 Å². The molecule has 0 saturated heterocycles. The van der Waals surface area contributed by atoms with Gasteiger partial charge in [0.25, 0.3) is 0 Å². The zero-order chi connectivity index (χ0) is 21.4. The van der Waals surface area contributed by atoms with Crippen LogP contribution >= 0.6 is 12.2 Å². The summed E-state index contributed by atoms with van der Waals surface area (Å²) in [5.41, 5.74) is 2.69. The predicted octanol–water partition coefficient (Wildman–Crippen LogP) is 3.14. The van der Waals surface area contributed by atoms with Crippen LogP contribution in [0.4, 0.5) is 5.69 Å². The van der Waals surface area contributed by atoms with Gasteiger partial charge in [-0.1, -0.05) is 25.5 Å². The fourth-order valence-electron chi connectivity index (χ4n) is 3.00. The van der Waals surface area contributed by atoms with Crippen LogP contribution < -0.4 is 10.6 Å². The Morgan fingerprint density at radius 2 is 2.07 bits per heavy atom. The van der Waals surface area contributed by atoms with Gasteiger partial charge in [-0.2, -0.15) is 0 Å². The molecule has 1 aromatic rings. The number of carbonyl (C=O) groups excluding carboxylic acids is 2. The fourth-order valence-corrected chi connectivity index (χ4v) is 3.26. The van der Waals surface area contributed by atoms with E-state index in [-0.39, 0.29) is 12.5 Å². The Bertz CT molecular complexity index is 794. The van der Waals surface area contributed by atoms with Crippen LogP contribution in [0.1, 0.15) is 44.7 Å². The Labute approximate surface area is 177 Å². The second kappa shape index (κ2) is 10.9. The van der Waals surface area contributed by atoms with Crippen molar-refractivity contribution < 1.29 is 19.1 Å². The number of nitrogens with one attached hydrogen (secondary N) is 2. The number of nitrogens with zero attached hydrogens (tertiary/aromatic N) is 1. The molecule has 0 saturated carbocycles. The molecule has 0 bridgehead atoms. The summed E-state index contributed by atoms with van der Waals surface area (Å²) in [6.45, 7) is 4.37. The summed E-state index contributed by atoms with van der Waals surface area (Å²) in [4.78, 5) is 26.6. The molecule has 2 rings (SSSR count). The minimum Gasteiger partial charge on any atom is -0.460 e. The van der Waals surface area contributed by atoms with E-state index in [0.29, 0.717) is 29.4 Å². The molecule has 29 heavy (non-hydrogen) atoms. The van der Waals surface area contributed by atoms with Crippen molar-refractivity contribution >= 4 is 34.9 Å². The Balaban J connectivity index is 2.29. The molecule has 1 amide bonds. The third kappa shape index (κ3) is 6.01. The topological polar surface area (TPSA) is 79.9 Å². The lowest BCUT2D eigenvalue weighted by atomic mass is 9.95. The number of hydrogen-bond acceptors (Lipinski definition) is 5. The first kappa shape index (κ1) is 22.8. The van der Waals surface area contributed by atoms with E-state index >= 15 is 0 Å². The van der Waals surface area contributed by atoms with Gasteiger partial charge in [0.2, 0.25) is 5.91 Å². The maximum absolute atomic E-state index is 12.8. The molecular weight excluding hydrogens is 390 g/mol. The number of allylic oxidation sites excluding steroid dienone is 1. The van der Waals surface area contributed by atoms with Gasteiger partial charge < -0.3 is 25.0 Å². The SMILES string of the molecule is CCCCC(=O)Nc1cccc(C2NC(=S)N(C)C(C)=C2C(=O)OCCOC)c1. The van der Waals surface area contributed by atoms with Gasteiger partial charge in [0, 0.05) is 32.0 Å². The third-order valence-electron chi connectivity index (χ3n) is 4.76. The van der Waals surface area contributed by atoms with Crippen LogP contribution in [0.25, 0.3) is 0 Å². The number of carbonyl (C=O) groups is 2. The fraction of sp³-hybridized carbons (Fsp3) is 0.476. The number of rotatable bonds is 9. The van der Waals surface area contributed by atoms with Gasteiger partial charge in [-0.15, -0.1) is 0 Å². The number of methoxy groups -OCH3 is 1. The Morgan fingerprint density at radius 1 is 1.31 bits per heavy atom. The van der Waals surface area contributed by atoms with E-state index in [1.807, 2.05) is 38.1 Å². The number of benzene rings is 1. The van der Waals surface area contributed by atoms with E-state index < -0.39 is 12.0 Å². The lowest BCUT2D eigenvalue weighted by Crippen LogP contribution is -2.46. The predicted molar refractivity (Wildman–Crippen MR) is 116 cm³/mol. The number of esters is 1.